The van der Waals surface area contributed by atoms with Crippen LogP contribution >= 0.6 is 23.8 Å². The zero-order valence-electron chi connectivity index (χ0n) is 16.9. The maximum absolute atomic E-state index is 12.7. The summed E-state index contributed by atoms with van der Waals surface area (Å²) in [6.45, 7) is 3.86. The Bertz CT molecular complexity index is 1040. The molecule has 0 bridgehead atoms. The summed E-state index contributed by atoms with van der Waals surface area (Å²) in [5, 5.41) is 7.04. The zero-order valence-corrected chi connectivity index (χ0v) is 18.4. The molecule has 0 aliphatic carbocycles. The molecule has 156 valence electrons. The Morgan fingerprint density at radius 3 is 2.67 bits per heavy atom. The van der Waals surface area contributed by atoms with Gasteiger partial charge >= 0.3 is 5.97 Å². The number of allylic oxidation sites excluding steroid dienone is 1. The fourth-order valence-electron chi connectivity index (χ4n) is 3.19. The average molecular weight is 444 g/mol. The molecule has 1 aliphatic rings. The lowest BCUT2D eigenvalue weighted by Gasteiger charge is -2.35. The lowest BCUT2D eigenvalue weighted by atomic mass is 9.95. The molecule has 0 fully saturated rings. The molecule has 0 radical (unpaired) electrons. The van der Waals surface area contributed by atoms with Crippen LogP contribution in [0.15, 0.2) is 59.8 Å². The van der Waals surface area contributed by atoms with E-state index in [1.165, 1.54) is 0 Å². The van der Waals surface area contributed by atoms with Crippen molar-refractivity contribution >= 4 is 46.5 Å². The van der Waals surface area contributed by atoms with Gasteiger partial charge in [0.15, 0.2) is 5.11 Å². The normalized spacial score (nSPS) is 16.2. The van der Waals surface area contributed by atoms with Crippen LogP contribution < -0.4 is 10.6 Å². The molecule has 2 aromatic rings. The highest BCUT2D eigenvalue weighted by Crippen LogP contribution is 2.32. The predicted molar refractivity (Wildman–Crippen MR) is 121 cm³/mol. The number of esters is 1. The number of benzene rings is 2. The highest BCUT2D eigenvalue weighted by atomic mass is 35.5. The van der Waals surface area contributed by atoms with Gasteiger partial charge in [-0.05, 0) is 62.0 Å². The van der Waals surface area contributed by atoms with Crippen molar-refractivity contribution in [1.29, 1.82) is 0 Å². The third kappa shape index (κ3) is 4.63. The Labute approximate surface area is 185 Å². The number of anilines is 1. The van der Waals surface area contributed by atoms with E-state index in [2.05, 4.69) is 10.6 Å². The van der Waals surface area contributed by atoms with Crippen LogP contribution in [-0.2, 0) is 9.53 Å². The van der Waals surface area contributed by atoms with E-state index >= 15 is 0 Å². The molecule has 0 spiro atoms. The van der Waals surface area contributed by atoms with Gasteiger partial charge in [0.2, 0.25) is 0 Å². The minimum Gasteiger partial charge on any atom is -0.463 e. The van der Waals surface area contributed by atoms with Crippen molar-refractivity contribution in [3.8, 4) is 0 Å². The van der Waals surface area contributed by atoms with E-state index in [1.807, 2.05) is 19.1 Å². The molecule has 30 heavy (non-hydrogen) atoms. The summed E-state index contributed by atoms with van der Waals surface area (Å²) in [6.07, 6.45) is 0. The van der Waals surface area contributed by atoms with Crippen LogP contribution in [0.25, 0.3) is 0 Å². The zero-order chi connectivity index (χ0) is 21.8. The fraction of sp³-hybridized carbons (Fsp3) is 0.227. The van der Waals surface area contributed by atoms with Crippen molar-refractivity contribution in [2.45, 2.75) is 19.9 Å². The summed E-state index contributed by atoms with van der Waals surface area (Å²) in [5.41, 5.74) is 3.01. The SMILES string of the molecule is CCOC(=O)C1=C(C)N(C)C(=S)NC1c1cccc(NC(=O)c2cccc(Cl)c2)c1. The first-order chi connectivity index (χ1) is 14.3. The summed E-state index contributed by atoms with van der Waals surface area (Å²) in [6, 6.07) is 13.5. The van der Waals surface area contributed by atoms with Gasteiger partial charge in [0, 0.05) is 29.0 Å². The first-order valence-corrected chi connectivity index (χ1v) is 10.2. The third-order valence-corrected chi connectivity index (χ3v) is 5.44. The van der Waals surface area contributed by atoms with Gasteiger partial charge in [0.25, 0.3) is 5.91 Å². The highest BCUT2D eigenvalue weighted by Gasteiger charge is 2.33. The summed E-state index contributed by atoms with van der Waals surface area (Å²) in [5.74, 6) is -0.686. The van der Waals surface area contributed by atoms with Crippen LogP contribution in [0.1, 0.15) is 35.8 Å². The van der Waals surface area contributed by atoms with E-state index in [0.29, 0.717) is 27.0 Å². The summed E-state index contributed by atoms with van der Waals surface area (Å²) in [7, 11) is 1.79. The standard InChI is InChI=1S/C22H22ClN3O3S/c1-4-29-21(28)18-13(2)26(3)22(30)25-19(18)14-7-6-10-17(12-14)24-20(27)15-8-5-9-16(23)11-15/h5-12,19H,4H2,1-3H3,(H,24,27)(H,25,30). The van der Waals surface area contributed by atoms with Crippen LogP contribution in [0.4, 0.5) is 5.69 Å². The van der Waals surface area contributed by atoms with Gasteiger partial charge in [-0.15, -0.1) is 0 Å². The van der Waals surface area contributed by atoms with Gasteiger partial charge in [-0.25, -0.2) is 4.79 Å². The number of carbonyl (C=O) groups excluding carboxylic acids is 2. The first kappa shape index (κ1) is 21.8. The van der Waals surface area contributed by atoms with E-state index in [-0.39, 0.29) is 12.5 Å². The lowest BCUT2D eigenvalue weighted by Crippen LogP contribution is -2.46. The predicted octanol–water partition coefficient (Wildman–Crippen LogP) is 4.29. The molecule has 1 amide bonds. The van der Waals surface area contributed by atoms with Gasteiger partial charge in [-0.2, -0.15) is 0 Å². The number of thiocarbonyl (C=S) groups is 1. The number of ether oxygens (including phenoxy) is 1. The van der Waals surface area contributed by atoms with Crippen molar-refractivity contribution in [1.82, 2.24) is 10.2 Å². The van der Waals surface area contributed by atoms with Crippen LogP contribution in [0.2, 0.25) is 5.02 Å². The molecule has 1 heterocycles. The first-order valence-electron chi connectivity index (χ1n) is 9.40. The number of nitrogens with zero attached hydrogens (tertiary/aromatic N) is 1. The summed E-state index contributed by atoms with van der Waals surface area (Å²) in [4.78, 5) is 27.0. The number of hydrogen-bond donors (Lipinski definition) is 2. The number of hydrogen-bond acceptors (Lipinski definition) is 4. The Balaban J connectivity index is 1.92. The number of carbonyl (C=O) groups is 2. The summed E-state index contributed by atoms with van der Waals surface area (Å²) < 4.78 is 5.26. The highest BCUT2D eigenvalue weighted by molar-refractivity contribution is 7.80. The Morgan fingerprint density at radius 1 is 1.23 bits per heavy atom. The van der Waals surface area contributed by atoms with Crippen molar-refractivity contribution in [3.63, 3.8) is 0 Å². The minimum atomic E-state index is -0.490. The monoisotopic (exact) mass is 443 g/mol. The maximum Gasteiger partial charge on any atom is 0.338 e. The summed E-state index contributed by atoms with van der Waals surface area (Å²) >= 11 is 11.4. The van der Waals surface area contributed by atoms with E-state index in [1.54, 1.807) is 55.3 Å². The molecule has 0 aromatic heterocycles. The Hall–Kier alpha value is -2.90. The molecular formula is C22H22ClN3O3S. The maximum atomic E-state index is 12.7. The molecule has 6 nitrogen and oxygen atoms in total. The van der Waals surface area contributed by atoms with Gasteiger partial charge in [0.05, 0.1) is 18.2 Å². The molecule has 2 aromatic carbocycles. The largest absolute Gasteiger partial charge is 0.463 e. The molecule has 1 unspecified atom stereocenters. The van der Waals surface area contributed by atoms with Crippen molar-refractivity contribution in [3.05, 3.63) is 76.0 Å². The van der Waals surface area contributed by atoms with Gasteiger partial charge < -0.3 is 20.3 Å². The molecule has 1 atom stereocenters. The topological polar surface area (TPSA) is 70.7 Å². The average Bonchev–Trinajstić information content (AvgIpc) is 2.72. The van der Waals surface area contributed by atoms with Crippen LogP contribution in [0.3, 0.4) is 0 Å². The van der Waals surface area contributed by atoms with Crippen LogP contribution in [0.5, 0.6) is 0 Å². The van der Waals surface area contributed by atoms with Gasteiger partial charge in [0.1, 0.15) is 0 Å². The number of halogens is 1. The van der Waals surface area contributed by atoms with Crippen molar-refractivity contribution in [2.75, 3.05) is 19.0 Å². The van der Waals surface area contributed by atoms with E-state index in [9.17, 15) is 9.59 Å². The second-order valence-corrected chi connectivity index (χ2v) is 7.57. The van der Waals surface area contributed by atoms with Gasteiger partial charge in [-0.1, -0.05) is 29.8 Å². The van der Waals surface area contributed by atoms with E-state index < -0.39 is 12.0 Å². The van der Waals surface area contributed by atoms with E-state index in [0.717, 1.165) is 11.3 Å². The fourth-order valence-corrected chi connectivity index (χ4v) is 3.63. The van der Waals surface area contributed by atoms with Gasteiger partial charge in [-0.3, -0.25) is 4.79 Å². The third-order valence-electron chi connectivity index (χ3n) is 4.81. The lowest BCUT2D eigenvalue weighted by molar-refractivity contribution is -0.139. The van der Waals surface area contributed by atoms with Crippen LogP contribution in [-0.4, -0.2) is 35.5 Å². The minimum absolute atomic E-state index is 0.270. The molecule has 2 N–H and O–H groups in total. The molecule has 3 rings (SSSR count). The molecule has 8 heteroatoms. The smallest absolute Gasteiger partial charge is 0.338 e. The van der Waals surface area contributed by atoms with E-state index in [4.69, 9.17) is 28.6 Å². The molecular weight excluding hydrogens is 422 g/mol. The number of amides is 1. The molecule has 0 saturated heterocycles. The second kappa shape index (κ2) is 9.28. The van der Waals surface area contributed by atoms with Crippen molar-refractivity contribution < 1.29 is 14.3 Å². The van der Waals surface area contributed by atoms with Crippen LogP contribution in [0, 0.1) is 0 Å². The Kier molecular flexibility index (Phi) is 6.74. The molecule has 1 aliphatic heterocycles. The quantitative estimate of drug-likeness (QED) is 0.530. The molecule has 0 saturated carbocycles. The Morgan fingerprint density at radius 2 is 1.97 bits per heavy atom. The number of nitrogens with one attached hydrogen (secondary N) is 2. The van der Waals surface area contributed by atoms with Crippen molar-refractivity contribution in [2.24, 2.45) is 0 Å². The number of rotatable bonds is 5. The second-order valence-electron chi connectivity index (χ2n) is 6.75.